The predicted molar refractivity (Wildman–Crippen MR) is 166 cm³/mol. The fourth-order valence-electron chi connectivity index (χ4n) is 7.39. The largest absolute Gasteiger partial charge is 0.490 e. The zero-order valence-electron chi connectivity index (χ0n) is 26.1. The number of unbranched alkanes of at least 4 members (excludes halogenated alkanes) is 1. The van der Waals surface area contributed by atoms with Crippen molar-refractivity contribution in [1.29, 1.82) is 0 Å². The summed E-state index contributed by atoms with van der Waals surface area (Å²) in [5, 5.41) is 7.12. The zero-order valence-corrected chi connectivity index (χ0v) is 27.7. The molecule has 1 aliphatic carbocycles. The van der Waals surface area contributed by atoms with Crippen LogP contribution in [0, 0.1) is 11.8 Å². The van der Waals surface area contributed by atoms with Crippen LogP contribution in [0.1, 0.15) is 94.3 Å². The van der Waals surface area contributed by atoms with Crippen molar-refractivity contribution in [2.24, 2.45) is 11.8 Å². The number of halogens is 4. The van der Waals surface area contributed by atoms with Crippen molar-refractivity contribution < 1.29 is 37.4 Å². The van der Waals surface area contributed by atoms with Crippen LogP contribution in [0.2, 0.25) is 0 Å². The summed E-state index contributed by atoms with van der Waals surface area (Å²) in [6.45, 7) is 7.52. The van der Waals surface area contributed by atoms with Gasteiger partial charge in [0.2, 0.25) is 0 Å². The minimum Gasteiger partial charge on any atom is -0.475 e. The summed E-state index contributed by atoms with van der Waals surface area (Å²) in [6.07, 6.45) is 10.4. The van der Waals surface area contributed by atoms with Crippen molar-refractivity contribution in [2.45, 2.75) is 102 Å². The van der Waals surface area contributed by atoms with E-state index in [9.17, 15) is 22.8 Å². The van der Waals surface area contributed by atoms with Crippen molar-refractivity contribution in [1.82, 2.24) is 19.7 Å². The number of likely N-dealkylation sites (tertiary alicyclic amines) is 2. The number of carbonyl (C=O) groups excluding carboxylic acids is 2. The maximum absolute atomic E-state index is 13.2. The summed E-state index contributed by atoms with van der Waals surface area (Å²) in [6, 6.07) is 4.15. The van der Waals surface area contributed by atoms with Crippen LogP contribution in [-0.4, -0.2) is 99.8 Å². The van der Waals surface area contributed by atoms with Gasteiger partial charge in [-0.1, -0.05) is 39.0 Å². The van der Waals surface area contributed by atoms with Crippen molar-refractivity contribution in [3.05, 3.63) is 28.5 Å². The van der Waals surface area contributed by atoms with Crippen LogP contribution in [0.25, 0.3) is 0 Å². The molecule has 252 valence electrons. The lowest BCUT2D eigenvalue weighted by molar-refractivity contribution is -0.192. The third-order valence-corrected chi connectivity index (χ3v) is 10.6. The number of piperidine rings is 2. The Morgan fingerprint density at radius 1 is 1.09 bits per heavy atom. The van der Waals surface area contributed by atoms with E-state index in [1.807, 2.05) is 17.0 Å². The van der Waals surface area contributed by atoms with Gasteiger partial charge < -0.3 is 19.6 Å². The van der Waals surface area contributed by atoms with Crippen molar-refractivity contribution in [2.75, 3.05) is 39.3 Å². The molecule has 1 atom stereocenters. The fraction of sp³-hybridized carbons (Fsp3) is 0.750. The Morgan fingerprint density at radius 3 is 2.31 bits per heavy atom. The highest BCUT2D eigenvalue weighted by atomic mass is 79.9. The lowest BCUT2D eigenvalue weighted by Gasteiger charge is -2.52. The molecule has 13 heteroatoms. The number of nitrogens with zero attached hydrogens (tertiary/aromatic N) is 4. The van der Waals surface area contributed by atoms with Gasteiger partial charge in [0.25, 0.3) is 5.91 Å². The molecule has 4 fully saturated rings. The first-order valence-electron chi connectivity index (χ1n) is 16.4. The number of pyridine rings is 1. The summed E-state index contributed by atoms with van der Waals surface area (Å²) in [5.74, 6) is -1.61. The number of aliphatic carboxylic acids is 1. The summed E-state index contributed by atoms with van der Waals surface area (Å²) >= 11 is 3.42. The Morgan fingerprint density at radius 2 is 1.73 bits per heavy atom. The van der Waals surface area contributed by atoms with E-state index in [1.54, 1.807) is 6.20 Å². The topological polar surface area (TPSA) is 103 Å². The first-order chi connectivity index (χ1) is 21.4. The lowest BCUT2D eigenvalue weighted by atomic mass is 9.75. The third-order valence-electron chi connectivity index (χ3n) is 9.99. The van der Waals surface area contributed by atoms with Gasteiger partial charge in [-0.15, -0.1) is 0 Å². The number of carboxylic acid groups (broad SMARTS) is 1. The SMILES string of the molecule is CCCCC1CN(CC2CCCCC2)C(=O)OC12CCN(C1CCN(C(=O)c3cccnc3Br)CC1)CC2.O=C(O)C(F)(F)F. The molecule has 0 aromatic carbocycles. The van der Waals surface area contributed by atoms with E-state index in [-0.39, 0.29) is 17.6 Å². The maximum Gasteiger partial charge on any atom is 0.490 e. The van der Waals surface area contributed by atoms with E-state index in [0.717, 1.165) is 71.4 Å². The molecule has 2 amide bonds. The van der Waals surface area contributed by atoms with Gasteiger partial charge in [-0.2, -0.15) is 13.2 Å². The van der Waals surface area contributed by atoms with Crippen molar-refractivity contribution >= 4 is 33.9 Å². The molecule has 1 saturated carbocycles. The average molecular weight is 704 g/mol. The van der Waals surface area contributed by atoms with E-state index in [2.05, 4.69) is 37.6 Å². The molecule has 0 radical (unpaired) electrons. The number of hydrogen-bond donors (Lipinski definition) is 1. The van der Waals surface area contributed by atoms with E-state index < -0.39 is 12.1 Å². The molecule has 1 aromatic rings. The lowest BCUT2D eigenvalue weighted by Crippen LogP contribution is -2.61. The number of alkyl halides is 3. The Kier molecular flexibility index (Phi) is 12.5. The first kappa shape index (κ1) is 35.4. The number of amides is 2. The van der Waals surface area contributed by atoms with Gasteiger partial charge in [-0.25, -0.2) is 14.6 Å². The van der Waals surface area contributed by atoms with Crippen LogP contribution >= 0.6 is 15.9 Å². The Labute approximate surface area is 272 Å². The maximum atomic E-state index is 13.2. The van der Waals surface area contributed by atoms with Crippen LogP contribution in [0.5, 0.6) is 0 Å². The Balaban J connectivity index is 0.000000591. The van der Waals surface area contributed by atoms with Gasteiger partial charge in [0.15, 0.2) is 0 Å². The average Bonchev–Trinajstić information content (AvgIpc) is 3.02. The Bertz CT molecular complexity index is 1150. The number of rotatable bonds is 7. The molecule has 1 spiro atoms. The third kappa shape index (κ3) is 9.33. The van der Waals surface area contributed by atoms with E-state index >= 15 is 0 Å². The van der Waals surface area contributed by atoms with Gasteiger partial charge in [0.1, 0.15) is 10.2 Å². The van der Waals surface area contributed by atoms with E-state index in [1.165, 1.54) is 44.9 Å². The van der Waals surface area contributed by atoms with Gasteiger partial charge >= 0.3 is 18.2 Å². The fourth-order valence-corrected chi connectivity index (χ4v) is 7.81. The second-order valence-electron chi connectivity index (χ2n) is 12.9. The Hall–Kier alpha value is -2.41. The second-order valence-corrected chi connectivity index (χ2v) is 13.6. The smallest absolute Gasteiger partial charge is 0.475 e. The van der Waals surface area contributed by atoms with Gasteiger partial charge in [-0.3, -0.25) is 9.69 Å². The number of ether oxygens (including phenoxy) is 1. The predicted octanol–water partition coefficient (Wildman–Crippen LogP) is 6.76. The highest BCUT2D eigenvalue weighted by Crippen LogP contribution is 2.42. The molecule has 5 rings (SSSR count). The number of hydrogen-bond acceptors (Lipinski definition) is 6. The minimum absolute atomic E-state index is 0.0617. The van der Waals surface area contributed by atoms with Gasteiger partial charge in [-0.05, 0) is 66.1 Å². The molecule has 1 N–H and O–H groups in total. The van der Waals surface area contributed by atoms with Crippen LogP contribution < -0.4 is 0 Å². The molecule has 1 unspecified atom stereocenters. The monoisotopic (exact) mass is 702 g/mol. The van der Waals surface area contributed by atoms with Gasteiger partial charge in [0.05, 0.1) is 5.56 Å². The second kappa shape index (κ2) is 15.9. The summed E-state index contributed by atoms with van der Waals surface area (Å²) in [4.78, 5) is 46.0. The van der Waals surface area contributed by atoms with E-state index in [0.29, 0.717) is 28.0 Å². The van der Waals surface area contributed by atoms with Crippen LogP contribution in [0.3, 0.4) is 0 Å². The molecular formula is C32H46BrF3N4O5. The molecule has 1 aromatic heterocycles. The summed E-state index contributed by atoms with van der Waals surface area (Å²) in [5.41, 5.74) is 0.343. The molecule has 45 heavy (non-hydrogen) atoms. The highest BCUT2D eigenvalue weighted by Gasteiger charge is 2.50. The summed E-state index contributed by atoms with van der Waals surface area (Å²) in [7, 11) is 0. The summed E-state index contributed by atoms with van der Waals surface area (Å²) < 4.78 is 38.8. The number of carbonyl (C=O) groups is 3. The highest BCUT2D eigenvalue weighted by molar-refractivity contribution is 9.10. The van der Waals surface area contributed by atoms with Crippen LogP contribution in [-0.2, 0) is 9.53 Å². The molecular weight excluding hydrogens is 657 g/mol. The molecule has 3 aliphatic heterocycles. The molecule has 0 bridgehead atoms. The molecule has 9 nitrogen and oxygen atoms in total. The molecule has 3 saturated heterocycles. The normalized spacial score (nSPS) is 23.3. The van der Waals surface area contributed by atoms with E-state index in [4.69, 9.17) is 14.6 Å². The molecule has 4 aliphatic rings. The standard InChI is InChI=1S/C30H45BrN4O3.C2HF3O2/c1-2-3-10-24-22-35(21-23-8-5-4-6-9-23)29(37)38-30(24)14-19-33(20-15-30)25-12-17-34(18-13-25)28(36)26-11-7-16-32-27(26)31;3-2(4,5)1(6)7/h7,11,16,23-25H,2-6,8-10,12-15,17-22H2,1H3;(H,6,7). The van der Waals surface area contributed by atoms with Gasteiger partial charge in [0, 0.05) is 70.3 Å². The first-order valence-corrected chi connectivity index (χ1v) is 17.1. The molecule has 4 heterocycles. The number of aromatic nitrogens is 1. The quantitative estimate of drug-likeness (QED) is 0.314. The van der Waals surface area contributed by atoms with Crippen molar-refractivity contribution in [3.63, 3.8) is 0 Å². The zero-order chi connectivity index (χ0) is 32.6. The number of carboxylic acids is 1. The minimum atomic E-state index is -5.08. The van der Waals surface area contributed by atoms with Crippen molar-refractivity contribution in [3.8, 4) is 0 Å². The van der Waals surface area contributed by atoms with Crippen LogP contribution in [0.15, 0.2) is 22.9 Å². The van der Waals surface area contributed by atoms with Crippen LogP contribution in [0.4, 0.5) is 18.0 Å².